The highest BCUT2D eigenvalue weighted by Gasteiger charge is 2.21. The van der Waals surface area contributed by atoms with E-state index < -0.39 is 10.8 Å². The minimum absolute atomic E-state index is 0.165. The van der Waals surface area contributed by atoms with Crippen LogP contribution in [0.3, 0.4) is 0 Å². The van der Waals surface area contributed by atoms with Crippen molar-refractivity contribution in [1.29, 1.82) is 0 Å². The molecule has 0 aliphatic carbocycles. The van der Waals surface area contributed by atoms with E-state index in [9.17, 15) is 14.9 Å². The first-order valence-electron chi connectivity index (χ1n) is 9.59. The molecule has 0 bridgehead atoms. The van der Waals surface area contributed by atoms with E-state index in [2.05, 4.69) is 15.5 Å². The van der Waals surface area contributed by atoms with E-state index in [0.717, 1.165) is 23.7 Å². The molecule has 4 rings (SSSR count). The number of carbonyl (C=O) groups is 1. The second-order valence-electron chi connectivity index (χ2n) is 6.90. The molecule has 0 spiro atoms. The van der Waals surface area contributed by atoms with Gasteiger partial charge in [-0.1, -0.05) is 11.6 Å². The van der Waals surface area contributed by atoms with Crippen LogP contribution in [0, 0.1) is 10.1 Å². The fourth-order valence-electron chi connectivity index (χ4n) is 3.02. The quantitative estimate of drug-likeness (QED) is 0.423. The first-order chi connectivity index (χ1) is 15.4. The van der Waals surface area contributed by atoms with Crippen molar-refractivity contribution in [1.82, 2.24) is 20.1 Å². The van der Waals surface area contributed by atoms with Gasteiger partial charge in [-0.05, 0) is 41.6 Å². The number of amides is 1. The van der Waals surface area contributed by atoms with Crippen LogP contribution in [-0.2, 0) is 13.6 Å². The predicted molar refractivity (Wildman–Crippen MR) is 116 cm³/mol. The maximum atomic E-state index is 12.6. The summed E-state index contributed by atoms with van der Waals surface area (Å²) in [5.74, 6) is 0.567. The maximum Gasteiger partial charge on any atom is 0.284 e. The number of halogens is 1. The third kappa shape index (κ3) is 4.78. The van der Waals surface area contributed by atoms with Crippen LogP contribution in [0.4, 0.5) is 5.69 Å². The van der Waals surface area contributed by atoms with Crippen LogP contribution in [0.5, 0.6) is 11.5 Å². The molecule has 1 aromatic heterocycles. The molecule has 0 unspecified atom stereocenters. The zero-order valence-electron chi connectivity index (χ0n) is 16.9. The molecule has 12 heteroatoms. The first-order valence-corrected chi connectivity index (χ1v) is 10.8. The number of hydrogen-bond acceptors (Lipinski definition) is 8. The Kier molecular flexibility index (Phi) is 6.47. The number of nitrogens with zero attached hydrogens (tertiary/aromatic N) is 4. The molecule has 166 valence electrons. The minimum atomic E-state index is -0.529. The van der Waals surface area contributed by atoms with Gasteiger partial charge in [0.1, 0.15) is 6.33 Å². The van der Waals surface area contributed by atoms with Gasteiger partial charge in [0.25, 0.3) is 11.6 Å². The van der Waals surface area contributed by atoms with Crippen LogP contribution < -0.4 is 14.8 Å². The molecule has 0 radical (unpaired) electrons. The lowest BCUT2D eigenvalue weighted by molar-refractivity contribution is -0.387. The summed E-state index contributed by atoms with van der Waals surface area (Å²) in [6, 6.07) is 7.75. The third-order valence-electron chi connectivity index (χ3n) is 4.60. The van der Waals surface area contributed by atoms with Gasteiger partial charge in [0, 0.05) is 31.6 Å². The van der Waals surface area contributed by atoms with Gasteiger partial charge < -0.3 is 19.4 Å². The number of rotatable bonds is 6. The molecule has 0 saturated carbocycles. The summed E-state index contributed by atoms with van der Waals surface area (Å²) in [6.45, 7) is 1.20. The van der Waals surface area contributed by atoms with Crippen molar-refractivity contribution >= 4 is 35.0 Å². The van der Waals surface area contributed by atoms with Crippen molar-refractivity contribution in [3.63, 3.8) is 0 Å². The van der Waals surface area contributed by atoms with E-state index >= 15 is 0 Å². The number of ether oxygens (including phenoxy) is 2. The van der Waals surface area contributed by atoms with Gasteiger partial charge >= 0.3 is 0 Å². The standard InChI is InChI=1S/C20H18ClN5O5S/c1-25-11-23-24-20(25)32-17-4-3-13(9-15(17)26(28)29)19(27)22-10-12-7-14(21)18-16(8-12)30-5-2-6-31-18/h3-4,7-9,11H,2,5-6,10H2,1H3,(H,22,27). The zero-order valence-corrected chi connectivity index (χ0v) is 18.5. The molecule has 3 aromatic rings. The average Bonchev–Trinajstić information content (AvgIpc) is 3.02. The lowest BCUT2D eigenvalue weighted by Gasteiger charge is -2.12. The second kappa shape index (κ2) is 9.45. The van der Waals surface area contributed by atoms with Crippen molar-refractivity contribution in [2.24, 2.45) is 7.05 Å². The summed E-state index contributed by atoms with van der Waals surface area (Å²) in [5, 5.41) is 22.9. The van der Waals surface area contributed by atoms with Crippen LogP contribution in [-0.4, -0.2) is 38.8 Å². The second-order valence-corrected chi connectivity index (χ2v) is 8.32. The van der Waals surface area contributed by atoms with Gasteiger partial charge in [0.15, 0.2) is 16.7 Å². The Labute approximate surface area is 192 Å². The van der Waals surface area contributed by atoms with E-state index in [1.165, 1.54) is 24.5 Å². The molecule has 1 amide bonds. The van der Waals surface area contributed by atoms with Gasteiger partial charge in [0.2, 0.25) is 0 Å². The number of fused-ring (bicyclic) bond motifs is 1. The topological polar surface area (TPSA) is 121 Å². The number of nitrogens with one attached hydrogen (secondary N) is 1. The lowest BCUT2D eigenvalue weighted by Crippen LogP contribution is -2.23. The molecule has 0 atom stereocenters. The normalized spacial score (nSPS) is 12.8. The van der Waals surface area contributed by atoms with Gasteiger partial charge in [-0.25, -0.2) is 0 Å². The molecule has 10 nitrogen and oxygen atoms in total. The highest BCUT2D eigenvalue weighted by molar-refractivity contribution is 7.99. The van der Waals surface area contributed by atoms with Crippen molar-refractivity contribution in [3.05, 3.63) is 62.9 Å². The zero-order chi connectivity index (χ0) is 22.7. The molecular weight excluding hydrogens is 458 g/mol. The van der Waals surface area contributed by atoms with E-state index in [1.807, 2.05) is 0 Å². The van der Waals surface area contributed by atoms with Crippen LogP contribution in [0.25, 0.3) is 0 Å². The average molecular weight is 476 g/mol. The highest BCUT2D eigenvalue weighted by atomic mass is 35.5. The van der Waals surface area contributed by atoms with Crippen LogP contribution >= 0.6 is 23.4 Å². The number of carbonyl (C=O) groups excluding carboxylic acids is 1. The van der Waals surface area contributed by atoms with E-state index in [-0.39, 0.29) is 17.8 Å². The Bertz CT molecular complexity index is 1190. The van der Waals surface area contributed by atoms with Gasteiger partial charge in [-0.2, -0.15) is 0 Å². The SMILES string of the molecule is Cn1cnnc1Sc1ccc(C(=O)NCc2cc(Cl)c3c(c2)OCCCO3)cc1[N+](=O)[O-]. The molecule has 0 saturated heterocycles. The van der Waals surface area contributed by atoms with Crippen LogP contribution in [0.2, 0.25) is 5.02 Å². The number of benzene rings is 2. The van der Waals surface area contributed by atoms with Crippen molar-refractivity contribution < 1.29 is 19.2 Å². The molecule has 1 aliphatic rings. The Balaban J connectivity index is 1.49. The Morgan fingerprint density at radius 1 is 1.31 bits per heavy atom. The Morgan fingerprint density at radius 3 is 2.88 bits per heavy atom. The fraction of sp³-hybridized carbons (Fsp3) is 0.250. The summed E-state index contributed by atoms with van der Waals surface area (Å²) in [4.78, 5) is 24.0. The van der Waals surface area contributed by atoms with Gasteiger partial charge in [0.05, 0.1) is 28.1 Å². The van der Waals surface area contributed by atoms with Crippen LogP contribution in [0.15, 0.2) is 46.7 Å². The summed E-state index contributed by atoms with van der Waals surface area (Å²) < 4.78 is 12.9. The largest absolute Gasteiger partial charge is 0.489 e. The van der Waals surface area contributed by atoms with E-state index in [1.54, 1.807) is 23.7 Å². The van der Waals surface area contributed by atoms with Gasteiger partial charge in [-0.3, -0.25) is 14.9 Å². The number of aromatic nitrogens is 3. The molecule has 1 N–H and O–H groups in total. The predicted octanol–water partition coefficient (Wildman–Crippen LogP) is 3.62. The minimum Gasteiger partial charge on any atom is -0.489 e. The lowest BCUT2D eigenvalue weighted by atomic mass is 10.1. The maximum absolute atomic E-state index is 12.6. The molecule has 1 aliphatic heterocycles. The van der Waals surface area contributed by atoms with Gasteiger partial charge in [-0.15, -0.1) is 10.2 Å². The van der Waals surface area contributed by atoms with E-state index in [4.69, 9.17) is 21.1 Å². The number of nitro benzene ring substituents is 1. The van der Waals surface area contributed by atoms with Crippen molar-refractivity contribution in [2.45, 2.75) is 23.0 Å². The number of nitro groups is 1. The summed E-state index contributed by atoms with van der Waals surface area (Å²) >= 11 is 7.39. The number of hydrogen-bond donors (Lipinski definition) is 1. The molecule has 2 aromatic carbocycles. The molecule has 0 fully saturated rings. The highest BCUT2D eigenvalue weighted by Crippen LogP contribution is 2.38. The molecule has 32 heavy (non-hydrogen) atoms. The first kappa shape index (κ1) is 21.9. The smallest absolute Gasteiger partial charge is 0.284 e. The van der Waals surface area contributed by atoms with Crippen LogP contribution in [0.1, 0.15) is 22.3 Å². The summed E-state index contributed by atoms with van der Waals surface area (Å²) in [5.41, 5.74) is 0.695. The van der Waals surface area contributed by atoms with E-state index in [0.29, 0.717) is 39.8 Å². The Morgan fingerprint density at radius 2 is 2.12 bits per heavy atom. The van der Waals surface area contributed by atoms with Crippen molar-refractivity contribution in [3.8, 4) is 11.5 Å². The monoisotopic (exact) mass is 475 g/mol. The fourth-order valence-corrected chi connectivity index (χ4v) is 4.16. The molecular formula is C20H18ClN5O5S. The summed E-state index contributed by atoms with van der Waals surface area (Å²) in [6.07, 6.45) is 2.25. The molecule has 2 heterocycles. The number of aryl methyl sites for hydroxylation is 1. The summed E-state index contributed by atoms with van der Waals surface area (Å²) in [7, 11) is 1.74. The van der Waals surface area contributed by atoms with Crippen molar-refractivity contribution in [2.75, 3.05) is 13.2 Å². The third-order valence-corrected chi connectivity index (χ3v) is 6.00. The Hall–Kier alpha value is -3.31.